The van der Waals surface area contributed by atoms with Gasteiger partial charge in [0.05, 0.1) is 0 Å². The van der Waals surface area contributed by atoms with E-state index in [2.05, 4.69) is 49.1 Å². The summed E-state index contributed by atoms with van der Waals surface area (Å²) in [4.78, 5) is 9.12. The molecule has 1 aromatic heterocycles. The van der Waals surface area contributed by atoms with Gasteiger partial charge in [0.1, 0.15) is 0 Å². The molecule has 1 aliphatic heterocycles. The first-order valence-corrected chi connectivity index (χ1v) is 7.74. The molecule has 19 heavy (non-hydrogen) atoms. The number of halogens is 1. The Kier molecular flexibility index (Phi) is 6.23. The minimum absolute atomic E-state index is 0.898. The van der Waals surface area contributed by atoms with E-state index in [1.807, 2.05) is 12.4 Å². The zero-order valence-electron chi connectivity index (χ0n) is 11.6. The van der Waals surface area contributed by atoms with Crippen LogP contribution in [0.4, 0.5) is 0 Å². The van der Waals surface area contributed by atoms with Crippen LogP contribution in [-0.4, -0.2) is 61.1 Å². The van der Waals surface area contributed by atoms with Gasteiger partial charge in [0.25, 0.3) is 0 Å². The van der Waals surface area contributed by atoms with E-state index < -0.39 is 0 Å². The number of hydrogen-bond acceptors (Lipinski definition) is 4. The maximum atomic E-state index is 4.16. The maximum Gasteiger partial charge on any atom is 0.0410 e. The summed E-state index contributed by atoms with van der Waals surface area (Å²) in [7, 11) is 2.20. The predicted octanol–water partition coefficient (Wildman–Crippen LogP) is 1.57. The maximum absolute atomic E-state index is 4.16. The normalized spacial score (nSPS) is 17.8. The van der Waals surface area contributed by atoms with E-state index in [1.54, 1.807) is 0 Å². The van der Waals surface area contributed by atoms with Crippen LogP contribution in [0.5, 0.6) is 0 Å². The molecule has 1 N–H and O–H groups in total. The van der Waals surface area contributed by atoms with Crippen LogP contribution in [0, 0.1) is 0 Å². The highest BCUT2D eigenvalue weighted by molar-refractivity contribution is 9.10. The number of nitrogens with zero attached hydrogens (tertiary/aromatic N) is 3. The Morgan fingerprint density at radius 1 is 1.26 bits per heavy atom. The van der Waals surface area contributed by atoms with E-state index in [9.17, 15) is 0 Å². The Morgan fingerprint density at radius 3 is 2.79 bits per heavy atom. The summed E-state index contributed by atoms with van der Waals surface area (Å²) in [5, 5.41) is 3.48. The molecule has 5 heteroatoms. The van der Waals surface area contributed by atoms with Crippen molar-refractivity contribution in [3.05, 3.63) is 28.5 Å². The van der Waals surface area contributed by atoms with Crippen molar-refractivity contribution in [3.8, 4) is 0 Å². The van der Waals surface area contributed by atoms with Gasteiger partial charge >= 0.3 is 0 Å². The Labute approximate surface area is 124 Å². The number of rotatable bonds is 6. The van der Waals surface area contributed by atoms with E-state index in [0.29, 0.717) is 0 Å². The molecule has 0 radical (unpaired) electrons. The van der Waals surface area contributed by atoms with Crippen LogP contribution in [0.2, 0.25) is 0 Å². The summed E-state index contributed by atoms with van der Waals surface area (Å²) < 4.78 is 1.05. The highest BCUT2D eigenvalue weighted by Gasteiger charge is 2.12. The molecular weight excluding hydrogens is 304 g/mol. The summed E-state index contributed by atoms with van der Waals surface area (Å²) in [6.45, 7) is 8.01. The lowest BCUT2D eigenvalue weighted by atomic mass is 10.2. The van der Waals surface area contributed by atoms with E-state index in [1.165, 1.54) is 44.7 Å². The monoisotopic (exact) mass is 326 g/mol. The summed E-state index contributed by atoms with van der Waals surface area (Å²) in [6, 6.07) is 2.11. The van der Waals surface area contributed by atoms with Gasteiger partial charge in [-0.2, -0.15) is 0 Å². The van der Waals surface area contributed by atoms with Crippen molar-refractivity contribution < 1.29 is 0 Å². The molecule has 1 aliphatic rings. The number of aromatic nitrogens is 1. The molecule has 1 fully saturated rings. The molecule has 0 aromatic carbocycles. The summed E-state index contributed by atoms with van der Waals surface area (Å²) in [6.07, 6.45) is 4.94. The number of nitrogens with one attached hydrogen (secondary N) is 1. The van der Waals surface area contributed by atoms with Crippen LogP contribution >= 0.6 is 15.9 Å². The quantitative estimate of drug-likeness (QED) is 0.804. The molecule has 4 nitrogen and oxygen atoms in total. The van der Waals surface area contributed by atoms with Crippen molar-refractivity contribution in [3.63, 3.8) is 0 Å². The molecular formula is C14H23BrN4. The zero-order chi connectivity index (χ0) is 13.5. The Bertz CT molecular complexity index is 377. The number of likely N-dealkylation sites (N-methyl/N-ethyl adjacent to an activating group) is 1. The predicted molar refractivity (Wildman–Crippen MR) is 82.2 cm³/mol. The Hall–Kier alpha value is -0.490. The number of piperazine rings is 1. The summed E-state index contributed by atoms with van der Waals surface area (Å²) in [5.41, 5.74) is 1.23. The molecule has 0 atom stereocenters. The van der Waals surface area contributed by atoms with Gasteiger partial charge < -0.3 is 15.1 Å². The lowest BCUT2D eigenvalue weighted by molar-refractivity contribution is 0.153. The van der Waals surface area contributed by atoms with Gasteiger partial charge in [-0.15, -0.1) is 0 Å². The average Bonchev–Trinajstić information content (AvgIpc) is 2.41. The molecule has 0 spiro atoms. The highest BCUT2D eigenvalue weighted by atomic mass is 79.9. The molecule has 1 saturated heterocycles. The van der Waals surface area contributed by atoms with E-state index in [-0.39, 0.29) is 0 Å². The minimum Gasteiger partial charge on any atom is -0.313 e. The van der Waals surface area contributed by atoms with Crippen LogP contribution in [0.25, 0.3) is 0 Å². The van der Waals surface area contributed by atoms with Crippen molar-refractivity contribution in [2.75, 3.05) is 46.3 Å². The van der Waals surface area contributed by atoms with Gasteiger partial charge in [-0.25, -0.2) is 0 Å². The third-order valence-corrected chi connectivity index (χ3v) is 3.95. The van der Waals surface area contributed by atoms with Crippen molar-refractivity contribution in [2.45, 2.75) is 13.0 Å². The second kappa shape index (κ2) is 7.94. The molecule has 1 aromatic rings. The van der Waals surface area contributed by atoms with Gasteiger partial charge in [-0.05, 0) is 54.1 Å². The number of pyridine rings is 1. The van der Waals surface area contributed by atoms with E-state index in [4.69, 9.17) is 0 Å². The Morgan fingerprint density at radius 2 is 2.05 bits per heavy atom. The molecule has 106 valence electrons. The SMILES string of the molecule is CN1CCN(CCCNCc2cncc(Br)c2)CC1. The smallest absolute Gasteiger partial charge is 0.0410 e. The fourth-order valence-electron chi connectivity index (χ4n) is 2.28. The molecule has 0 aliphatic carbocycles. The van der Waals surface area contributed by atoms with Gasteiger partial charge in [0.15, 0.2) is 0 Å². The van der Waals surface area contributed by atoms with Gasteiger partial charge in [-0.3, -0.25) is 4.98 Å². The summed E-state index contributed by atoms with van der Waals surface area (Å²) in [5.74, 6) is 0. The van der Waals surface area contributed by atoms with Crippen LogP contribution in [0.1, 0.15) is 12.0 Å². The van der Waals surface area contributed by atoms with Crippen molar-refractivity contribution in [1.82, 2.24) is 20.1 Å². The second-order valence-corrected chi connectivity index (χ2v) is 6.10. The van der Waals surface area contributed by atoms with Crippen LogP contribution < -0.4 is 5.32 Å². The topological polar surface area (TPSA) is 31.4 Å². The van der Waals surface area contributed by atoms with Crippen LogP contribution in [0.3, 0.4) is 0 Å². The molecule has 0 saturated carbocycles. The third-order valence-electron chi connectivity index (χ3n) is 3.51. The van der Waals surface area contributed by atoms with E-state index >= 15 is 0 Å². The van der Waals surface area contributed by atoms with E-state index in [0.717, 1.165) is 17.6 Å². The standard InChI is InChI=1S/C14H23BrN4/c1-18-5-7-19(8-6-18)4-2-3-16-10-13-9-14(15)12-17-11-13/h9,11-12,16H,2-8,10H2,1H3. The fraction of sp³-hybridized carbons (Fsp3) is 0.643. The van der Waals surface area contributed by atoms with Crippen molar-refractivity contribution >= 4 is 15.9 Å². The lowest BCUT2D eigenvalue weighted by Crippen LogP contribution is -2.45. The molecule has 2 rings (SSSR count). The highest BCUT2D eigenvalue weighted by Crippen LogP contribution is 2.09. The lowest BCUT2D eigenvalue weighted by Gasteiger charge is -2.32. The van der Waals surface area contributed by atoms with Gasteiger partial charge in [0, 0.05) is 49.6 Å². The van der Waals surface area contributed by atoms with Crippen LogP contribution in [-0.2, 0) is 6.54 Å². The van der Waals surface area contributed by atoms with Crippen molar-refractivity contribution in [1.29, 1.82) is 0 Å². The largest absolute Gasteiger partial charge is 0.313 e. The second-order valence-electron chi connectivity index (χ2n) is 5.19. The third kappa shape index (κ3) is 5.57. The zero-order valence-corrected chi connectivity index (χ0v) is 13.2. The first kappa shape index (κ1) is 14.9. The summed E-state index contributed by atoms with van der Waals surface area (Å²) >= 11 is 3.44. The molecule has 0 unspecified atom stereocenters. The number of hydrogen-bond donors (Lipinski definition) is 1. The van der Waals surface area contributed by atoms with Crippen molar-refractivity contribution in [2.24, 2.45) is 0 Å². The van der Waals surface area contributed by atoms with Gasteiger partial charge in [0.2, 0.25) is 0 Å². The fourth-order valence-corrected chi connectivity index (χ4v) is 2.70. The first-order valence-electron chi connectivity index (χ1n) is 6.95. The molecule has 0 bridgehead atoms. The average molecular weight is 327 g/mol. The molecule has 0 amide bonds. The van der Waals surface area contributed by atoms with Gasteiger partial charge in [-0.1, -0.05) is 0 Å². The van der Waals surface area contributed by atoms with Crippen LogP contribution in [0.15, 0.2) is 22.9 Å². The first-order chi connectivity index (χ1) is 9.24. The minimum atomic E-state index is 0.898. The molecule has 2 heterocycles. The Balaban J connectivity index is 1.55.